The Morgan fingerprint density at radius 3 is 2.55 bits per heavy atom. The van der Waals surface area contributed by atoms with E-state index in [0.717, 1.165) is 30.4 Å². The van der Waals surface area contributed by atoms with Crippen molar-refractivity contribution >= 4 is 11.8 Å². The van der Waals surface area contributed by atoms with E-state index in [1.807, 2.05) is 13.0 Å². The molecule has 5 nitrogen and oxygen atoms in total. The highest BCUT2D eigenvalue weighted by molar-refractivity contribution is 5.92. The van der Waals surface area contributed by atoms with Gasteiger partial charge in [0.1, 0.15) is 17.5 Å². The molecule has 2 N–H and O–H groups in total. The lowest BCUT2D eigenvalue weighted by molar-refractivity contribution is -0.214. The van der Waals surface area contributed by atoms with Gasteiger partial charge < -0.3 is 14.9 Å². The number of rotatable bonds is 2. The number of carbonyl (C=O) groups is 2. The summed E-state index contributed by atoms with van der Waals surface area (Å²) in [6, 6.07) is 0. The summed E-state index contributed by atoms with van der Waals surface area (Å²) in [4.78, 5) is 25.5. The van der Waals surface area contributed by atoms with Crippen molar-refractivity contribution < 1.29 is 24.5 Å². The Morgan fingerprint density at radius 1 is 1.12 bits per heavy atom. The van der Waals surface area contributed by atoms with Gasteiger partial charge in [-0.05, 0) is 83.1 Å². The Bertz CT molecular complexity index is 1000. The summed E-state index contributed by atoms with van der Waals surface area (Å²) in [5.41, 5.74) is -0.554. The Hall–Kier alpha value is -1.72. The highest BCUT2D eigenvalue weighted by Crippen LogP contribution is 2.68. The molecule has 0 amide bonds. The zero-order valence-electron chi connectivity index (χ0n) is 20.6. The maximum Gasteiger partial charge on any atom is 0.334 e. The maximum atomic E-state index is 13.1. The molecule has 0 aromatic carbocycles. The van der Waals surface area contributed by atoms with Crippen molar-refractivity contribution in [2.45, 2.75) is 96.9 Å². The Labute approximate surface area is 197 Å². The molecule has 180 valence electrons. The lowest BCUT2D eigenvalue weighted by Crippen LogP contribution is -2.64. The van der Waals surface area contributed by atoms with E-state index in [1.54, 1.807) is 13.8 Å². The molecule has 33 heavy (non-hydrogen) atoms. The van der Waals surface area contributed by atoms with Crippen molar-refractivity contribution in [3.63, 3.8) is 0 Å². The Morgan fingerprint density at radius 2 is 1.85 bits per heavy atom. The third kappa shape index (κ3) is 2.84. The zero-order chi connectivity index (χ0) is 24.0. The second-order valence-electron chi connectivity index (χ2n) is 12.0. The maximum absolute atomic E-state index is 13.1. The number of hydrogen-bond donors (Lipinski definition) is 2. The van der Waals surface area contributed by atoms with E-state index in [2.05, 4.69) is 26.0 Å². The Balaban J connectivity index is 1.49. The van der Waals surface area contributed by atoms with Gasteiger partial charge in [0.05, 0.1) is 11.0 Å². The molecule has 4 aliphatic carbocycles. The van der Waals surface area contributed by atoms with Crippen LogP contribution in [0.25, 0.3) is 0 Å². The van der Waals surface area contributed by atoms with E-state index in [-0.39, 0.29) is 29.5 Å². The van der Waals surface area contributed by atoms with E-state index in [9.17, 15) is 19.8 Å². The molecule has 2 fully saturated rings. The average Bonchev–Trinajstić information content (AvgIpc) is 3.04. The van der Waals surface area contributed by atoms with Crippen LogP contribution in [0.5, 0.6) is 0 Å². The van der Waals surface area contributed by atoms with Crippen LogP contribution in [0.4, 0.5) is 0 Å². The molecular formula is C28H38O5. The molecule has 0 unspecified atom stereocenters. The van der Waals surface area contributed by atoms with Gasteiger partial charge in [0, 0.05) is 23.8 Å². The van der Waals surface area contributed by atoms with Crippen LogP contribution < -0.4 is 0 Å². The number of hydrogen-bond acceptors (Lipinski definition) is 5. The standard InChI is InChI=1S/C28H38O5/c1-16-15-23(33-24(30)17(16)2)27(5,31)21-12-14-28(32)20-10-9-18-7-6-8-22(29)26(18,4)19(20)11-13-25(21,28)3/h6-7,9,19-21,23,31-32H,8,10-15H2,1-5H3/t19-,20-,21+,23-,25-,26+,27-,28-/m1/s1. The highest BCUT2D eigenvalue weighted by Gasteiger charge is 2.70. The van der Waals surface area contributed by atoms with Crippen molar-refractivity contribution in [3.8, 4) is 0 Å². The predicted molar refractivity (Wildman–Crippen MR) is 125 cm³/mol. The number of allylic oxidation sites excluding steroid dienone is 4. The SMILES string of the molecule is CC1=C(C)C(=O)O[C@@H]([C@](C)(O)[C@H]2CC[C@@]3(O)[C@@H]4CC=C5C=CCC(=O)[C@]5(C)[C@@H]4CC[C@]23C)C1. The van der Waals surface area contributed by atoms with Gasteiger partial charge in [-0.25, -0.2) is 4.79 Å². The second-order valence-corrected chi connectivity index (χ2v) is 12.0. The fourth-order valence-corrected chi connectivity index (χ4v) is 8.46. The summed E-state index contributed by atoms with van der Waals surface area (Å²) in [6.07, 6.45) is 10.2. The van der Waals surface area contributed by atoms with Gasteiger partial charge in [-0.15, -0.1) is 0 Å². The number of carbonyl (C=O) groups excluding carboxylic acids is 2. The fourth-order valence-electron chi connectivity index (χ4n) is 8.46. The summed E-state index contributed by atoms with van der Waals surface area (Å²) in [7, 11) is 0. The van der Waals surface area contributed by atoms with Crippen LogP contribution >= 0.6 is 0 Å². The number of fused-ring (bicyclic) bond motifs is 5. The zero-order valence-corrected chi connectivity index (χ0v) is 20.6. The first-order valence-electron chi connectivity index (χ1n) is 12.6. The molecule has 0 aromatic rings. The second kappa shape index (κ2) is 7.14. The van der Waals surface area contributed by atoms with Crippen LogP contribution in [-0.2, 0) is 14.3 Å². The number of Topliss-reactive ketones (excluding diaryl/α,β-unsaturated/α-hetero) is 1. The summed E-state index contributed by atoms with van der Waals surface area (Å²) in [5.74, 6) is -0.199. The minimum atomic E-state index is -1.24. The summed E-state index contributed by atoms with van der Waals surface area (Å²) >= 11 is 0. The molecule has 8 atom stereocenters. The smallest absolute Gasteiger partial charge is 0.334 e. The number of cyclic esters (lactones) is 1. The predicted octanol–water partition coefficient (Wildman–Crippen LogP) is 4.43. The molecule has 0 saturated heterocycles. The van der Waals surface area contributed by atoms with E-state index in [4.69, 9.17) is 4.74 Å². The van der Waals surface area contributed by atoms with E-state index in [1.165, 1.54) is 0 Å². The molecule has 5 rings (SSSR count). The lowest BCUT2D eigenvalue weighted by Gasteiger charge is -2.61. The van der Waals surface area contributed by atoms with E-state index < -0.39 is 28.1 Å². The van der Waals surface area contributed by atoms with Crippen LogP contribution in [0, 0.1) is 28.6 Å². The molecule has 1 heterocycles. The monoisotopic (exact) mass is 454 g/mol. The molecule has 0 aromatic heterocycles. The topological polar surface area (TPSA) is 83.8 Å². The first kappa shape index (κ1) is 23.0. The van der Waals surface area contributed by atoms with Crippen molar-refractivity contribution in [1.82, 2.24) is 0 Å². The van der Waals surface area contributed by atoms with Crippen LogP contribution in [0.3, 0.4) is 0 Å². The van der Waals surface area contributed by atoms with Gasteiger partial charge in [0.25, 0.3) is 0 Å². The number of ether oxygens (including phenoxy) is 1. The van der Waals surface area contributed by atoms with Crippen molar-refractivity contribution in [3.05, 3.63) is 34.9 Å². The highest BCUT2D eigenvalue weighted by atomic mass is 16.6. The van der Waals surface area contributed by atoms with Crippen molar-refractivity contribution in [2.24, 2.45) is 28.6 Å². The van der Waals surface area contributed by atoms with Gasteiger partial charge in [-0.1, -0.05) is 30.7 Å². The molecular weight excluding hydrogens is 416 g/mol. The average molecular weight is 455 g/mol. The van der Waals surface area contributed by atoms with Crippen LogP contribution in [0.1, 0.15) is 79.6 Å². The van der Waals surface area contributed by atoms with Gasteiger partial charge >= 0.3 is 5.97 Å². The van der Waals surface area contributed by atoms with Crippen LogP contribution in [0.2, 0.25) is 0 Å². The minimum absolute atomic E-state index is 0.0148. The van der Waals surface area contributed by atoms with Gasteiger partial charge in [0.15, 0.2) is 0 Å². The van der Waals surface area contributed by atoms with Crippen LogP contribution in [-0.4, -0.2) is 39.3 Å². The number of ketones is 1. The van der Waals surface area contributed by atoms with Gasteiger partial charge in [-0.2, -0.15) is 0 Å². The van der Waals surface area contributed by atoms with Crippen molar-refractivity contribution in [1.29, 1.82) is 0 Å². The summed E-state index contributed by atoms with van der Waals surface area (Å²) in [6.45, 7) is 9.70. The quantitative estimate of drug-likeness (QED) is 0.603. The fraction of sp³-hybridized carbons (Fsp3) is 0.714. The molecule has 5 heteroatoms. The lowest BCUT2D eigenvalue weighted by atomic mass is 9.45. The number of aliphatic hydroxyl groups is 2. The molecule has 1 aliphatic heterocycles. The first-order chi connectivity index (χ1) is 15.4. The van der Waals surface area contributed by atoms with E-state index in [0.29, 0.717) is 31.3 Å². The first-order valence-corrected chi connectivity index (χ1v) is 12.6. The molecule has 0 radical (unpaired) electrons. The third-order valence-corrected chi connectivity index (χ3v) is 10.8. The molecule has 0 bridgehead atoms. The third-order valence-electron chi connectivity index (χ3n) is 10.8. The molecule has 5 aliphatic rings. The van der Waals surface area contributed by atoms with Crippen LogP contribution in [0.15, 0.2) is 34.9 Å². The normalized spacial score (nSPS) is 46.7. The Kier molecular flexibility index (Phi) is 4.99. The summed E-state index contributed by atoms with van der Waals surface area (Å²) < 4.78 is 5.72. The van der Waals surface area contributed by atoms with Gasteiger partial charge in [0.2, 0.25) is 0 Å². The summed E-state index contributed by atoms with van der Waals surface area (Å²) in [5, 5.41) is 24.2. The molecule has 2 saturated carbocycles. The largest absolute Gasteiger partial charge is 0.456 e. The minimum Gasteiger partial charge on any atom is -0.456 e. The number of esters is 1. The van der Waals surface area contributed by atoms with Crippen molar-refractivity contribution in [2.75, 3.05) is 0 Å². The van der Waals surface area contributed by atoms with Gasteiger partial charge in [-0.3, -0.25) is 4.79 Å². The molecule has 0 spiro atoms. The van der Waals surface area contributed by atoms with E-state index >= 15 is 0 Å².